The summed E-state index contributed by atoms with van der Waals surface area (Å²) in [5.41, 5.74) is 2.83. The molecular formula is C26H33NO4. The van der Waals surface area contributed by atoms with Gasteiger partial charge in [0, 0.05) is 17.3 Å². The van der Waals surface area contributed by atoms with Crippen LogP contribution in [-0.2, 0) is 11.2 Å². The van der Waals surface area contributed by atoms with E-state index in [0.717, 1.165) is 23.9 Å². The topological polar surface area (TPSA) is 64.5 Å². The molecule has 0 spiro atoms. The van der Waals surface area contributed by atoms with Gasteiger partial charge in [0.2, 0.25) is 5.76 Å². The van der Waals surface area contributed by atoms with Crippen LogP contribution in [-0.4, -0.2) is 18.1 Å². The summed E-state index contributed by atoms with van der Waals surface area (Å²) in [5.74, 6) is 1.07. The van der Waals surface area contributed by atoms with Crippen molar-refractivity contribution in [3.63, 3.8) is 0 Å². The normalized spacial score (nSPS) is 17.1. The van der Waals surface area contributed by atoms with Crippen LogP contribution in [0.3, 0.4) is 0 Å². The van der Waals surface area contributed by atoms with Gasteiger partial charge in [0.1, 0.15) is 0 Å². The number of aromatic amines is 1. The molecule has 5 nitrogen and oxygen atoms in total. The molecule has 2 heterocycles. The van der Waals surface area contributed by atoms with E-state index in [4.69, 9.17) is 13.9 Å². The average molecular weight is 424 g/mol. The summed E-state index contributed by atoms with van der Waals surface area (Å²) in [4.78, 5) is 15.3. The number of H-pyrrole nitrogens is 1. The zero-order chi connectivity index (χ0) is 21.6. The Labute approximate surface area is 183 Å². The number of carbonyl (C=O) groups excluding carboxylic acids is 1. The summed E-state index contributed by atoms with van der Waals surface area (Å²) in [7, 11) is 1.33. The predicted molar refractivity (Wildman–Crippen MR) is 121 cm³/mol. The van der Waals surface area contributed by atoms with E-state index in [2.05, 4.69) is 24.1 Å². The lowest BCUT2D eigenvalue weighted by atomic mass is 9.86. The molecule has 31 heavy (non-hydrogen) atoms. The first-order valence-corrected chi connectivity index (χ1v) is 11.7. The number of rotatable bonds is 10. The van der Waals surface area contributed by atoms with Gasteiger partial charge in [-0.05, 0) is 49.0 Å². The molecule has 0 saturated carbocycles. The second-order valence-electron chi connectivity index (χ2n) is 8.50. The number of methoxy groups -OCH3 is 1. The van der Waals surface area contributed by atoms with Crippen molar-refractivity contribution in [3.05, 3.63) is 51.9 Å². The van der Waals surface area contributed by atoms with Crippen molar-refractivity contribution in [1.82, 2.24) is 4.98 Å². The fraction of sp³-hybridized carbons (Fsp3) is 0.500. The minimum atomic E-state index is -0.510. The Morgan fingerprint density at radius 1 is 1.19 bits per heavy atom. The Hall–Kier alpha value is -2.69. The van der Waals surface area contributed by atoms with Crippen LogP contribution in [0.15, 0.2) is 28.7 Å². The second kappa shape index (κ2) is 10.1. The molecule has 0 radical (unpaired) electrons. The summed E-state index contributed by atoms with van der Waals surface area (Å²) >= 11 is 0. The van der Waals surface area contributed by atoms with Gasteiger partial charge in [0.05, 0.1) is 12.5 Å². The first-order valence-electron chi connectivity index (χ1n) is 11.7. The highest BCUT2D eigenvalue weighted by Gasteiger charge is 2.24. The SMILES string of the molecule is CCCCCCCCC1C=CC(Oc2ccc(C(=O)OC)o2)=c2[nH]c3c(c21)CCCC=3. The number of hydrogen-bond acceptors (Lipinski definition) is 4. The molecule has 0 amide bonds. The highest BCUT2D eigenvalue weighted by Crippen LogP contribution is 2.30. The fourth-order valence-electron chi connectivity index (χ4n) is 4.69. The lowest BCUT2D eigenvalue weighted by Crippen LogP contribution is -2.22. The van der Waals surface area contributed by atoms with Crippen LogP contribution in [0.1, 0.15) is 92.3 Å². The van der Waals surface area contributed by atoms with E-state index in [-0.39, 0.29) is 11.7 Å². The maximum atomic E-state index is 11.7. The summed E-state index contributed by atoms with van der Waals surface area (Å²) in [6.45, 7) is 2.26. The lowest BCUT2D eigenvalue weighted by molar-refractivity contribution is 0.0560. The molecule has 0 aliphatic heterocycles. The number of aromatic nitrogens is 1. The summed E-state index contributed by atoms with van der Waals surface area (Å²) in [5, 5.41) is 2.29. The molecule has 0 bridgehead atoms. The van der Waals surface area contributed by atoms with Crippen molar-refractivity contribution >= 4 is 17.8 Å². The van der Waals surface area contributed by atoms with Crippen molar-refractivity contribution in [2.45, 2.75) is 77.0 Å². The zero-order valence-electron chi connectivity index (χ0n) is 18.7. The van der Waals surface area contributed by atoms with E-state index in [0.29, 0.717) is 5.92 Å². The van der Waals surface area contributed by atoms with E-state index in [1.54, 1.807) is 12.1 Å². The van der Waals surface area contributed by atoms with E-state index in [1.807, 2.05) is 6.08 Å². The molecule has 2 aromatic rings. The Balaban J connectivity index is 1.57. The molecule has 2 aliphatic carbocycles. The number of hydrogen-bond donors (Lipinski definition) is 1. The number of allylic oxidation sites excluding steroid dienone is 1. The standard InChI is InChI=1S/C26H33NO4/c1-3-4-5-6-7-8-11-18-14-15-21(30-23-17-16-22(31-23)26(28)29-2)25-24(18)19-12-9-10-13-20(19)27-25/h13-18,27H,3-12H2,1-2H3. The van der Waals surface area contributed by atoms with Crippen molar-refractivity contribution in [3.8, 4) is 5.95 Å². The van der Waals surface area contributed by atoms with E-state index >= 15 is 0 Å². The fourth-order valence-corrected chi connectivity index (χ4v) is 4.69. The molecule has 1 N–H and O–H groups in total. The third-order valence-corrected chi connectivity index (χ3v) is 6.30. The van der Waals surface area contributed by atoms with Crippen molar-refractivity contribution < 1.29 is 18.7 Å². The monoisotopic (exact) mass is 423 g/mol. The Morgan fingerprint density at radius 2 is 2.03 bits per heavy atom. The van der Waals surface area contributed by atoms with Crippen molar-refractivity contribution in [2.24, 2.45) is 0 Å². The van der Waals surface area contributed by atoms with Gasteiger partial charge < -0.3 is 18.9 Å². The van der Waals surface area contributed by atoms with Gasteiger partial charge in [-0.25, -0.2) is 4.79 Å². The summed E-state index contributed by atoms with van der Waals surface area (Å²) in [6.07, 6.45) is 19.1. The lowest BCUT2D eigenvalue weighted by Gasteiger charge is -2.19. The zero-order valence-corrected chi connectivity index (χ0v) is 18.7. The van der Waals surface area contributed by atoms with Gasteiger partial charge in [-0.2, -0.15) is 0 Å². The second-order valence-corrected chi connectivity index (χ2v) is 8.50. The Kier molecular flexibility index (Phi) is 7.00. The van der Waals surface area contributed by atoms with Crippen LogP contribution in [0, 0.1) is 0 Å². The maximum Gasteiger partial charge on any atom is 0.374 e. The maximum absolute atomic E-state index is 11.7. The number of ether oxygens (including phenoxy) is 2. The van der Waals surface area contributed by atoms with Gasteiger partial charge >= 0.3 is 5.97 Å². The van der Waals surface area contributed by atoms with Crippen LogP contribution in [0.2, 0.25) is 0 Å². The van der Waals surface area contributed by atoms with Crippen LogP contribution >= 0.6 is 0 Å². The average Bonchev–Trinajstić information content (AvgIpc) is 3.42. The van der Waals surface area contributed by atoms with Gasteiger partial charge in [0.25, 0.3) is 5.95 Å². The minimum Gasteiger partial charge on any atom is -0.463 e. The molecule has 1 atom stereocenters. The molecule has 2 aromatic heterocycles. The van der Waals surface area contributed by atoms with Gasteiger partial charge in [-0.15, -0.1) is 0 Å². The third kappa shape index (κ3) is 4.81. The third-order valence-electron chi connectivity index (χ3n) is 6.30. The van der Waals surface area contributed by atoms with Crippen molar-refractivity contribution in [2.75, 3.05) is 7.11 Å². The van der Waals surface area contributed by atoms with Crippen LogP contribution in [0.5, 0.6) is 5.95 Å². The molecule has 166 valence electrons. The van der Waals surface area contributed by atoms with Gasteiger partial charge in [-0.1, -0.05) is 57.6 Å². The van der Waals surface area contributed by atoms with Crippen LogP contribution in [0.4, 0.5) is 0 Å². The molecule has 1 unspecified atom stereocenters. The van der Waals surface area contributed by atoms with E-state index < -0.39 is 5.97 Å². The predicted octanol–water partition coefficient (Wildman–Crippen LogP) is 5.10. The first-order chi connectivity index (χ1) is 15.2. The molecule has 4 rings (SSSR count). The molecule has 5 heteroatoms. The minimum absolute atomic E-state index is 0.137. The number of unbranched alkanes of at least 4 members (excludes halogenated alkanes) is 5. The first kappa shape index (κ1) is 21.5. The molecule has 0 fully saturated rings. The number of esters is 1. The molecular weight excluding hydrogens is 390 g/mol. The van der Waals surface area contributed by atoms with Gasteiger partial charge in [0.15, 0.2) is 5.76 Å². The molecule has 0 saturated heterocycles. The number of furan rings is 1. The summed E-state index contributed by atoms with van der Waals surface area (Å²) in [6, 6.07) is 3.23. The number of nitrogens with one attached hydrogen (secondary N) is 1. The van der Waals surface area contributed by atoms with E-state index in [1.165, 1.54) is 75.0 Å². The highest BCUT2D eigenvalue weighted by molar-refractivity contribution is 5.86. The van der Waals surface area contributed by atoms with E-state index in [9.17, 15) is 4.79 Å². The van der Waals surface area contributed by atoms with Crippen LogP contribution in [0.25, 0.3) is 11.8 Å². The van der Waals surface area contributed by atoms with Crippen molar-refractivity contribution in [1.29, 1.82) is 0 Å². The highest BCUT2D eigenvalue weighted by atomic mass is 16.6. The number of carbonyl (C=O) groups is 1. The molecule has 2 aliphatic rings. The van der Waals surface area contributed by atoms with Gasteiger partial charge in [-0.3, -0.25) is 0 Å². The smallest absolute Gasteiger partial charge is 0.374 e. The Morgan fingerprint density at radius 3 is 2.87 bits per heavy atom. The molecule has 0 aromatic carbocycles. The van der Waals surface area contributed by atoms with Crippen LogP contribution < -0.4 is 15.4 Å². The Bertz CT molecular complexity index is 1060. The summed E-state index contributed by atoms with van der Waals surface area (Å²) < 4.78 is 16.3. The number of fused-ring (bicyclic) bond motifs is 3. The largest absolute Gasteiger partial charge is 0.463 e. The quantitative estimate of drug-likeness (QED) is 0.426.